The Balaban J connectivity index is 1.77. The highest BCUT2D eigenvalue weighted by Crippen LogP contribution is 2.18. The zero-order valence-corrected chi connectivity index (χ0v) is 9.98. The van der Waals surface area contributed by atoms with Crippen molar-refractivity contribution in [2.45, 2.75) is 44.9 Å². The molecule has 84 valence electrons. The highest BCUT2D eigenvalue weighted by atomic mass is 32.1. The Morgan fingerprint density at radius 2 is 2.33 bits per heavy atom. The summed E-state index contributed by atoms with van der Waals surface area (Å²) < 4.78 is 5.05. The zero-order chi connectivity index (χ0) is 10.5. The largest absolute Gasteiger partial charge is 0.378 e. The van der Waals surface area contributed by atoms with Crippen LogP contribution in [0.4, 0.5) is 0 Å². The van der Waals surface area contributed by atoms with Crippen LogP contribution >= 0.6 is 11.3 Å². The summed E-state index contributed by atoms with van der Waals surface area (Å²) in [7, 11) is 1.71. The molecule has 1 heterocycles. The first-order valence-electron chi connectivity index (χ1n) is 5.54. The van der Waals surface area contributed by atoms with Crippen LogP contribution in [-0.4, -0.2) is 18.1 Å². The fourth-order valence-electron chi connectivity index (χ4n) is 2.00. The van der Waals surface area contributed by atoms with Gasteiger partial charge in [-0.05, 0) is 12.8 Å². The summed E-state index contributed by atoms with van der Waals surface area (Å²) in [6, 6.07) is 0.720. The predicted octanol–water partition coefficient (Wildman–Crippen LogP) is 2.32. The van der Waals surface area contributed by atoms with Gasteiger partial charge >= 0.3 is 0 Å². The van der Waals surface area contributed by atoms with E-state index in [-0.39, 0.29) is 0 Å². The van der Waals surface area contributed by atoms with Crippen LogP contribution in [-0.2, 0) is 17.9 Å². The number of nitrogens with zero attached hydrogens (tertiary/aromatic N) is 1. The standard InChI is InChI=1S/C11H18N2OS/c1-14-7-11-13-10(8-15-11)6-12-9-4-2-3-5-9/h8-9,12H,2-7H2,1H3. The lowest BCUT2D eigenvalue weighted by molar-refractivity contribution is 0.184. The first-order valence-corrected chi connectivity index (χ1v) is 6.42. The van der Waals surface area contributed by atoms with E-state index in [0.29, 0.717) is 6.61 Å². The topological polar surface area (TPSA) is 34.1 Å². The lowest BCUT2D eigenvalue weighted by Crippen LogP contribution is -2.25. The molecule has 0 saturated heterocycles. The van der Waals surface area contributed by atoms with Gasteiger partial charge < -0.3 is 10.1 Å². The minimum Gasteiger partial charge on any atom is -0.378 e. The Kier molecular flexibility index (Phi) is 4.11. The van der Waals surface area contributed by atoms with E-state index in [1.165, 1.54) is 25.7 Å². The van der Waals surface area contributed by atoms with Crippen LogP contribution in [0.1, 0.15) is 36.4 Å². The smallest absolute Gasteiger partial charge is 0.119 e. The molecule has 2 rings (SSSR count). The fourth-order valence-corrected chi connectivity index (χ4v) is 2.76. The van der Waals surface area contributed by atoms with E-state index in [0.717, 1.165) is 23.3 Å². The lowest BCUT2D eigenvalue weighted by atomic mass is 10.2. The molecule has 1 N–H and O–H groups in total. The molecule has 1 aromatic heterocycles. The third-order valence-electron chi connectivity index (χ3n) is 2.79. The molecule has 1 saturated carbocycles. The molecule has 3 nitrogen and oxygen atoms in total. The van der Waals surface area contributed by atoms with Crippen LogP contribution in [0.15, 0.2) is 5.38 Å². The van der Waals surface area contributed by atoms with Crippen molar-refractivity contribution in [3.05, 3.63) is 16.1 Å². The van der Waals surface area contributed by atoms with E-state index >= 15 is 0 Å². The number of ether oxygens (including phenoxy) is 1. The first kappa shape index (κ1) is 11.0. The van der Waals surface area contributed by atoms with Crippen molar-refractivity contribution in [2.75, 3.05) is 7.11 Å². The van der Waals surface area contributed by atoms with Crippen LogP contribution in [0.25, 0.3) is 0 Å². The molecule has 0 atom stereocenters. The van der Waals surface area contributed by atoms with Crippen molar-refractivity contribution in [1.29, 1.82) is 0 Å². The summed E-state index contributed by atoms with van der Waals surface area (Å²) in [5, 5.41) is 6.75. The van der Waals surface area contributed by atoms with Gasteiger partial charge in [0.25, 0.3) is 0 Å². The van der Waals surface area contributed by atoms with E-state index in [1.54, 1.807) is 18.4 Å². The minimum absolute atomic E-state index is 0.633. The second-order valence-electron chi connectivity index (χ2n) is 4.03. The molecule has 0 bridgehead atoms. The van der Waals surface area contributed by atoms with Gasteiger partial charge in [0.2, 0.25) is 0 Å². The van der Waals surface area contributed by atoms with E-state index in [9.17, 15) is 0 Å². The molecule has 0 amide bonds. The summed E-state index contributed by atoms with van der Waals surface area (Å²) in [6.45, 7) is 1.54. The van der Waals surface area contributed by atoms with Gasteiger partial charge in [0.15, 0.2) is 0 Å². The van der Waals surface area contributed by atoms with Gasteiger partial charge in [-0.15, -0.1) is 11.3 Å². The monoisotopic (exact) mass is 226 g/mol. The summed E-state index contributed by atoms with van der Waals surface area (Å²) >= 11 is 1.68. The summed E-state index contributed by atoms with van der Waals surface area (Å²) in [4.78, 5) is 4.49. The van der Waals surface area contributed by atoms with Gasteiger partial charge in [-0.25, -0.2) is 4.98 Å². The Bertz CT molecular complexity index is 295. The van der Waals surface area contributed by atoms with Crippen LogP contribution in [0.3, 0.4) is 0 Å². The highest BCUT2D eigenvalue weighted by molar-refractivity contribution is 7.09. The predicted molar refractivity (Wildman–Crippen MR) is 61.9 cm³/mol. The average molecular weight is 226 g/mol. The van der Waals surface area contributed by atoms with Gasteiger partial charge in [0.1, 0.15) is 5.01 Å². The van der Waals surface area contributed by atoms with Crippen LogP contribution in [0.2, 0.25) is 0 Å². The first-order chi connectivity index (χ1) is 7.38. The molecular weight excluding hydrogens is 208 g/mol. The van der Waals surface area contributed by atoms with E-state index in [1.807, 2.05) is 0 Å². The maximum absolute atomic E-state index is 5.05. The number of hydrogen-bond donors (Lipinski definition) is 1. The summed E-state index contributed by atoms with van der Waals surface area (Å²) in [5.41, 5.74) is 1.15. The quantitative estimate of drug-likeness (QED) is 0.836. The maximum Gasteiger partial charge on any atom is 0.119 e. The Hall–Kier alpha value is -0.450. The second kappa shape index (κ2) is 5.58. The summed E-state index contributed by atoms with van der Waals surface area (Å²) in [6.07, 6.45) is 5.41. The second-order valence-corrected chi connectivity index (χ2v) is 4.97. The highest BCUT2D eigenvalue weighted by Gasteiger charge is 2.14. The summed E-state index contributed by atoms with van der Waals surface area (Å²) in [5.74, 6) is 0. The van der Waals surface area contributed by atoms with Crippen molar-refractivity contribution in [1.82, 2.24) is 10.3 Å². The molecule has 15 heavy (non-hydrogen) atoms. The lowest BCUT2D eigenvalue weighted by Gasteiger charge is -2.09. The third kappa shape index (κ3) is 3.26. The van der Waals surface area contributed by atoms with Crippen LogP contribution in [0, 0.1) is 0 Å². The normalized spacial score (nSPS) is 17.4. The molecule has 1 aromatic rings. The molecule has 0 radical (unpaired) electrons. The molecule has 4 heteroatoms. The van der Waals surface area contributed by atoms with Gasteiger partial charge in [0, 0.05) is 25.1 Å². The van der Waals surface area contributed by atoms with Gasteiger partial charge in [-0.3, -0.25) is 0 Å². The number of rotatable bonds is 5. The molecule has 0 spiro atoms. The molecule has 0 unspecified atom stereocenters. The zero-order valence-electron chi connectivity index (χ0n) is 9.16. The number of thiazole rings is 1. The Morgan fingerprint density at radius 1 is 1.53 bits per heavy atom. The molecule has 0 aromatic carbocycles. The van der Waals surface area contributed by atoms with Crippen molar-refractivity contribution in [3.63, 3.8) is 0 Å². The van der Waals surface area contributed by atoms with Gasteiger partial charge in [-0.1, -0.05) is 12.8 Å². The molecule has 0 aliphatic heterocycles. The number of aromatic nitrogens is 1. The van der Waals surface area contributed by atoms with E-state index in [4.69, 9.17) is 4.74 Å². The average Bonchev–Trinajstić information content (AvgIpc) is 2.85. The van der Waals surface area contributed by atoms with E-state index in [2.05, 4.69) is 15.7 Å². The third-order valence-corrected chi connectivity index (χ3v) is 3.67. The SMILES string of the molecule is COCc1nc(CNC2CCCC2)cs1. The van der Waals surface area contributed by atoms with Crippen molar-refractivity contribution in [3.8, 4) is 0 Å². The molecule has 1 aliphatic carbocycles. The minimum atomic E-state index is 0.633. The molecular formula is C11H18N2OS. The van der Waals surface area contributed by atoms with Crippen LogP contribution in [0.5, 0.6) is 0 Å². The molecule has 1 aliphatic rings. The number of hydrogen-bond acceptors (Lipinski definition) is 4. The van der Waals surface area contributed by atoms with Crippen molar-refractivity contribution >= 4 is 11.3 Å². The van der Waals surface area contributed by atoms with Crippen LogP contribution < -0.4 is 5.32 Å². The van der Waals surface area contributed by atoms with Crippen molar-refractivity contribution in [2.24, 2.45) is 0 Å². The Labute approximate surface area is 94.9 Å². The fraction of sp³-hybridized carbons (Fsp3) is 0.727. The Morgan fingerprint density at radius 3 is 3.07 bits per heavy atom. The van der Waals surface area contributed by atoms with Gasteiger partial charge in [0.05, 0.1) is 12.3 Å². The van der Waals surface area contributed by atoms with E-state index < -0.39 is 0 Å². The number of methoxy groups -OCH3 is 1. The van der Waals surface area contributed by atoms with Crippen molar-refractivity contribution < 1.29 is 4.74 Å². The molecule has 1 fully saturated rings. The van der Waals surface area contributed by atoms with Gasteiger partial charge in [-0.2, -0.15) is 0 Å². The number of nitrogens with one attached hydrogen (secondary N) is 1. The maximum atomic E-state index is 5.05.